The van der Waals surface area contributed by atoms with Gasteiger partial charge < -0.3 is 13.4 Å². The average Bonchev–Trinajstić information content (AvgIpc) is 4.20. The minimum Gasteiger partial charge on any atom is -0.744 e. The summed E-state index contributed by atoms with van der Waals surface area (Å²) in [7, 11) is -7.62. The number of nitrogens with zero attached hydrogens (tertiary/aromatic N) is 2. The van der Waals surface area contributed by atoms with Gasteiger partial charge in [-0.25, -0.2) is 18.4 Å². The van der Waals surface area contributed by atoms with Gasteiger partial charge in [0.15, 0.2) is 11.2 Å². The van der Waals surface area contributed by atoms with Crippen LogP contribution >= 0.6 is 0 Å². The smallest absolute Gasteiger partial charge is 0.744 e. The molecule has 0 aliphatic rings. The molecule has 0 aliphatic heterocycles. The molecule has 10 rings (SSSR count). The largest absolute Gasteiger partial charge is 1.00 e. The van der Waals surface area contributed by atoms with Crippen LogP contribution in [0.5, 0.6) is 0 Å². The molecule has 0 N–H and O–H groups in total. The topological polar surface area (TPSA) is 160 Å². The second-order valence-corrected chi connectivity index (χ2v) is 16.7. The predicted molar refractivity (Wildman–Crippen MR) is 343 cm³/mol. The van der Waals surface area contributed by atoms with E-state index in [-0.39, 0.29) is 69.7 Å². The van der Waals surface area contributed by atoms with Crippen LogP contribution in [0.3, 0.4) is 0 Å². The minimum atomic E-state index is -4.51. The van der Waals surface area contributed by atoms with E-state index in [0.717, 1.165) is 72.3 Å². The Labute approximate surface area is 539 Å². The first kappa shape index (κ1) is 75.5. The Morgan fingerprint density at radius 3 is 1.09 bits per heavy atom. The van der Waals surface area contributed by atoms with Crippen molar-refractivity contribution in [2.75, 3.05) is 0 Å². The van der Waals surface area contributed by atoms with Crippen molar-refractivity contribution in [2.45, 2.75) is 88.0 Å². The Morgan fingerprint density at radius 1 is 0.415 bits per heavy atom. The quantitative estimate of drug-likeness (QED) is 0.0558. The van der Waals surface area contributed by atoms with E-state index in [1.54, 1.807) is 24.3 Å². The van der Waals surface area contributed by atoms with E-state index in [1.165, 1.54) is 12.1 Å². The third-order valence-corrected chi connectivity index (χ3v) is 11.3. The van der Waals surface area contributed by atoms with Crippen molar-refractivity contribution < 1.29 is 99.3 Å². The van der Waals surface area contributed by atoms with Crippen molar-refractivity contribution in [3.05, 3.63) is 234 Å². The van der Waals surface area contributed by atoms with E-state index in [9.17, 15) is 13.0 Å². The summed E-state index contributed by atoms with van der Waals surface area (Å²) in [5.41, 5.74) is 13.1. The summed E-state index contributed by atoms with van der Waals surface area (Å²) in [6.07, 6.45) is 11.7. The van der Waals surface area contributed by atoms with Crippen molar-refractivity contribution in [3.63, 3.8) is 0 Å². The fourth-order valence-electron chi connectivity index (χ4n) is 6.96. The third kappa shape index (κ3) is 25.3. The number of hydrogen-bond donors (Lipinski definition) is 0. The molecule has 0 spiro atoms. The number of para-hydroxylation sites is 4. The van der Waals surface area contributed by atoms with E-state index >= 15 is 0 Å². The van der Waals surface area contributed by atoms with Gasteiger partial charge in [-0.3, -0.25) is 0 Å². The molecule has 8 aromatic carbocycles. The van der Waals surface area contributed by atoms with Gasteiger partial charge >= 0.3 is 69.7 Å². The molecule has 0 saturated heterocycles. The van der Waals surface area contributed by atoms with Crippen molar-refractivity contribution >= 4 is 79.4 Å². The number of rotatable bonds is 10. The third-order valence-electron chi connectivity index (χ3n) is 10.4. The molecular formula is C68H82N2Na2O8S2. The molecule has 14 heteroatoms. The molecule has 2 heterocycles. The summed E-state index contributed by atoms with van der Waals surface area (Å²) in [6, 6.07) is 65.4. The number of fused-ring (bicyclic) bond motifs is 2. The van der Waals surface area contributed by atoms with Gasteiger partial charge in [-0.2, -0.15) is 5.56 Å². The van der Waals surface area contributed by atoms with E-state index < -0.39 is 20.7 Å². The molecule has 0 saturated carbocycles. The maximum atomic E-state index is 11.4. The maximum Gasteiger partial charge on any atom is 1.00 e. The van der Waals surface area contributed by atoms with Crippen molar-refractivity contribution in [2.24, 2.45) is 0 Å². The molecule has 0 atom stereocenters. The number of oxazole rings is 2. The monoisotopic (exact) mass is 1160 g/mol. The minimum absolute atomic E-state index is 0. The van der Waals surface area contributed by atoms with Gasteiger partial charge in [-0.05, 0) is 93.5 Å². The first-order chi connectivity index (χ1) is 39.0. The van der Waals surface area contributed by atoms with Gasteiger partial charge in [0.05, 0.1) is 4.90 Å². The Balaban J connectivity index is -0.000000389. The zero-order valence-corrected chi connectivity index (χ0v) is 55.5. The van der Waals surface area contributed by atoms with Crippen LogP contribution in [0, 0.1) is 6.07 Å². The summed E-state index contributed by atoms with van der Waals surface area (Å²) in [5, 5.41) is 0. The normalized spacial score (nSPS) is 9.91. The molecule has 82 heavy (non-hydrogen) atoms. The van der Waals surface area contributed by atoms with Gasteiger partial charge in [-0.1, -0.05) is 229 Å². The van der Waals surface area contributed by atoms with E-state index in [2.05, 4.69) is 82.8 Å². The molecule has 0 radical (unpaired) electrons. The Bertz CT molecular complexity index is 3470. The van der Waals surface area contributed by atoms with Crippen molar-refractivity contribution in [1.29, 1.82) is 0 Å². The van der Waals surface area contributed by atoms with Crippen LogP contribution in [0.2, 0.25) is 0 Å². The van der Waals surface area contributed by atoms with Crippen LogP contribution in [0.15, 0.2) is 208 Å². The zero-order chi connectivity index (χ0) is 59.3. The molecule has 0 amide bonds. The fraction of sp³-hybridized carbons (Fsp3) is 0.176. The van der Waals surface area contributed by atoms with Crippen LogP contribution in [0.4, 0.5) is 0 Å². The van der Waals surface area contributed by atoms with Crippen LogP contribution in [0.25, 0.3) is 92.7 Å². The first-order valence-electron chi connectivity index (χ1n) is 27.0. The summed E-state index contributed by atoms with van der Waals surface area (Å²) in [4.78, 5) is 8.90. The van der Waals surface area contributed by atoms with Gasteiger partial charge in [0, 0.05) is 16.8 Å². The maximum absolute atomic E-state index is 11.4. The van der Waals surface area contributed by atoms with E-state index in [1.807, 2.05) is 210 Å². The molecule has 2 aromatic heterocycles. The Kier molecular flexibility index (Phi) is 39.7. The SMILES string of the molecule is C(=C\c1ccc(-c2nc3ccccc3o2)cc1)/c1ccc(-c2nc3ccccc3o2)cc1.CC.CC.CC.CC.CC.CC.O=S(=O)([O-])c1ccccc1C=Cc1ccc(-c2ccc(C=Cc3[c-]cccc3)cc2)cc1.O=S(=O)=O.[HH].[HH].[HH].[HH].[Na+].[Na+]. The average molecular weight is 1170 g/mol. The van der Waals surface area contributed by atoms with Crippen molar-refractivity contribution in [1.82, 2.24) is 9.97 Å². The van der Waals surface area contributed by atoms with Crippen LogP contribution in [-0.4, -0.2) is 35.6 Å². The van der Waals surface area contributed by atoms with Crippen LogP contribution < -0.4 is 59.1 Å². The van der Waals surface area contributed by atoms with E-state index in [0.29, 0.717) is 17.3 Å². The van der Waals surface area contributed by atoms with Crippen LogP contribution in [0.1, 0.15) is 122 Å². The van der Waals surface area contributed by atoms with E-state index in [4.69, 9.17) is 21.5 Å². The second kappa shape index (κ2) is 43.2. The molecule has 0 aliphatic carbocycles. The molecule has 10 nitrogen and oxygen atoms in total. The molecule has 0 unspecified atom stereocenters. The molecule has 0 fully saturated rings. The molecular weight excluding hydrogens is 1080 g/mol. The van der Waals surface area contributed by atoms with Crippen molar-refractivity contribution in [3.8, 4) is 34.0 Å². The second-order valence-electron chi connectivity index (χ2n) is 15.0. The summed E-state index contributed by atoms with van der Waals surface area (Å²) in [6.45, 7) is 24.0. The standard InChI is InChI=1S/C28H18N2O2.C28H21O3S.6C2H6.2Na.O3S.4H2/c1-3-7-25-23(5-1)29-27(31-25)21-15-11-19(12-16-21)9-10-20-13-17-22(18-14-20)28-30-24-6-2-4-8-26(24)32-28;29-32(30,31)28-9-5-4-8-27(28)21-16-24-14-19-26(20-15-24)25-17-12-23(13-18-25)11-10-22-6-2-1-3-7-22;6*1-2;;;1-4(2)3;;;;/h1-18H;1-6,8-21H,(H,29,30,31);6*1-2H3;;;;4*1H/q;-1;;;;;;;2*+1;;;;;/p-1/b10-9+;;;;;;;;;;;;;;. The predicted octanol–water partition coefficient (Wildman–Crippen LogP) is 14.0. The summed E-state index contributed by atoms with van der Waals surface area (Å²) < 4.78 is 71.3. The van der Waals surface area contributed by atoms with Crippen LogP contribution in [-0.2, 0) is 20.7 Å². The molecule has 10 aromatic rings. The fourth-order valence-corrected chi connectivity index (χ4v) is 7.63. The Hall–Kier alpha value is -6.55. The molecule has 0 bridgehead atoms. The van der Waals surface area contributed by atoms with Gasteiger partial charge in [0.25, 0.3) is 0 Å². The first-order valence-corrected chi connectivity index (χ1v) is 29.4. The number of benzene rings is 8. The number of hydrogen-bond acceptors (Lipinski definition) is 10. The zero-order valence-electron chi connectivity index (χ0n) is 49.9. The van der Waals surface area contributed by atoms with Gasteiger partial charge in [-0.15, -0.1) is 49.0 Å². The number of aromatic nitrogens is 2. The Morgan fingerprint density at radius 2 is 0.732 bits per heavy atom. The summed E-state index contributed by atoms with van der Waals surface area (Å²) >= 11 is 0. The molecule has 426 valence electrons. The van der Waals surface area contributed by atoms with Gasteiger partial charge in [0.1, 0.15) is 21.2 Å². The summed E-state index contributed by atoms with van der Waals surface area (Å²) in [5.74, 6) is 1.27. The van der Waals surface area contributed by atoms with Gasteiger partial charge in [0.2, 0.25) is 11.8 Å².